The van der Waals surface area contributed by atoms with Crippen LogP contribution in [0.4, 0.5) is 11.9 Å². The molecule has 0 radical (unpaired) electrons. The van der Waals surface area contributed by atoms with Crippen LogP contribution in [0.3, 0.4) is 0 Å². The van der Waals surface area contributed by atoms with E-state index in [9.17, 15) is 4.79 Å². The highest BCUT2D eigenvalue weighted by Gasteiger charge is 2.28. The van der Waals surface area contributed by atoms with Crippen LogP contribution in [-0.2, 0) is 3.79 Å². The van der Waals surface area contributed by atoms with Crippen molar-refractivity contribution in [3.63, 3.8) is 0 Å². The molecule has 1 heterocycles. The molecule has 12 heteroatoms. The molecule has 0 spiro atoms. The van der Waals surface area contributed by atoms with E-state index in [-0.39, 0.29) is 17.7 Å². The number of halogens is 4. The van der Waals surface area contributed by atoms with Gasteiger partial charge >= 0.3 is 0 Å². The number of alkyl halides is 3. The van der Waals surface area contributed by atoms with Gasteiger partial charge in [0.05, 0.1) is 0 Å². The Kier molecular flexibility index (Phi) is 8.33. The Morgan fingerprint density at radius 3 is 2.32 bits per heavy atom. The van der Waals surface area contributed by atoms with Crippen molar-refractivity contribution >= 4 is 64.2 Å². The molecule has 0 aliphatic heterocycles. The van der Waals surface area contributed by atoms with E-state index in [2.05, 4.69) is 36.0 Å². The van der Waals surface area contributed by atoms with E-state index in [1.807, 2.05) is 14.1 Å². The van der Waals surface area contributed by atoms with E-state index in [1.54, 1.807) is 24.3 Å². The molecule has 0 fully saturated rings. The summed E-state index contributed by atoms with van der Waals surface area (Å²) >= 11 is 23.5. The molecule has 0 aliphatic carbocycles. The van der Waals surface area contributed by atoms with Crippen LogP contribution in [0.25, 0.3) is 0 Å². The van der Waals surface area contributed by atoms with Crippen molar-refractivity contribution in [1.29, 1.82) is 0 Å². The number of aromatic nitrogens is 3. The average Bonchev–Trinajstić information content (AvgIpc) is 2.63. The maximum atomic E-state index is 12.2. The standard InChI is InChI=1S/C16H19Cl4N7O/c1-27(2)9-3-8-21-14-22-13(16(18,19)20)23-15(24-14)26-25-12(28)10-4-6-11(17)7-5-10/h4-7H,3,8-9H2,1-2H3,(H,25,28)(H2,21,22,23,24,26). The minimum Gasteiger partial charge on any atom is -0.354 e. The van der Waals surface area contributed by atoms with Crippen molar-refractivity contribution in [2.24, 2.45) is 0 Å². The lowest BCUT2D eigenvalue weighted by molar-refractivity contribution is 0.0962. The number of nitrogens with zero attached hydrogens (tertiary/aromatic N) is 4. The third-order valence-electron chi connectivity index (χ3n) is 3.35. The number of amides is 1. The second-order valence-electron chi connectivity index (χ2n) is 5.97. The van der Waals surface area contributed by atoms with Gasteiger partial charge in [-0.2, -0.15) is 15.0 Å². The predicted octanol–water partition coefficient (Wildman–Crippen LogP) is 3.47. The Morgan fingerprint density at radius 1 is 1.07 bits per heavy atom. The summed E-state index contributed by atoms with van der Waals surface area (Å²) in [4.78, 5) is 26.5. The molecule has 0 aliphatic rings. The minimum atomic E-state index is -1.85. The first kappa shape index (κ1) is 22.7. The fourth-order valence-corrected chi connectivity index (χ4v) is 2.40. The Morgan fingerprint density at radius 2 is 1.71 bits per heavy atom. The van der Waals surface area contributed by atoms with E-state index in [0.29, 0.717) is 17.1 Å². The highest BCUT2D eigenvalue weighted by Crippen LogP contribution is 2.36. The first-order valence-corrected chi connectivity index (χ1v) is 9.70. The molecule has 1 amide bonds. The lowest BCUT2D eigenvalue weighted by Gasteiger charge is -2.14. The average molecular weight is 467 g/mol. The Balaban J connectivity index is 2.07. The molecule has 0 saturated carbocycles. The summed E-state index contributed by atoms with van der Waals surface area (Å²) in [6.45, 7) is 1.50. The first-order valence-electron chi connectivity index (χ1n) is 8.19. The van der Waals surface area contributed by atoms with E-state index < -0.39 is 9.70 Å². The second kappa shape index (κ2) is 10.3. The summed E-state index contributed by atoms with van der Waals surface area (Å²) in [6, 6.07) is 6.38. The zero-order chi connectivity index (χ0) is 20.7. The summed E-state index contributed by atoms with van der Waals surface area (Å²) in [6.07, 6.45) is 0.859. The van der Waals surface area contributed by atoms with Gasteiger partial charge in [-0.05, 0) is 51.3 Å². The van der Waals surface area contributed by atoms with Crippen LogP contribution >= 0.6 is 46.4 Å². The van der Waals surface area contributed by atoms with Crippen LogP contribution in [0.1, 0.15) is 22.6 Å². The number of nitrogens with one attached hydrogen (secondary N) is 3. The summed E-state index contributed by atoms with van der Waals surface area (Å²) in [5.74, 6) is -0.245. The quantitative estimate of drug-likeness (QED) is 0.311. The molecule has 2 rings (SSSR count). The number of hydrogen-bond acceptors (Lipinski definition) is 7. The number of benzene rings is 1. The van der Waals surface area contributed by atoms with Gasteiger partial charge in [-0.15, -0.1) is 0 Å². The summed E-state index contributed by atoms with van der Waals surface area (Å²) < 4.78 is -1.85. The van der Waals surface area contributed by atoms with Gasteiger partial charge in [0.15, 0.2) is 5.82 Å². The van der Waals surface area contributed by atoms with Crippen molar-refractivity contribution in [2.75, 3.05) is 37.9 Å². The molecule has 0 bridgehead atoms. The van der Waals surface area contributed by atoms with Gasteiger partial charge in [0.25, 0.3) is 5.91 Å². The number of carbonyl (C=O) groups is 1. The summed E-state index contributed by atoms with van der Waals surface area (Å²) in [5.41, 5.74) is 5.47. The van der Waals surface area contributed by atoms with Crippen molar-refractivity contribution in [3.05, 3.63) is 40.7 Å². The van der Waals surface area contributed by atoms with Crippen molar-refractivity contribution < 1.29 is 4.79 Å². The van der Waals surface area contributed by atoms with Gasteiger partial charge in [-0.3, -0.25) is 15.6 Å². The smallest absolute Gasteiger partial charge is 0.269 e. The second-order valence-corrected chi connectivity index (χ2v) is 8.69. The fraction of sp³-hybridized carbons (Fsp3) is 0.375. The van der Waals surface area contributed by atoms with Crippen LogP contribution in [-0.4, -0.2) is 52.9 Å². The lowest BCUT2D eigenvalue weighted by atomic mass is 10.2. The predicted molar refractivity (Wildman–Crippen MR) is 113 cm³/mol. The zero-order valence-corrected chi connectivity index (χ0v) is 18.2. The monoisotopic (exact) mass is 465 g/mol. The molecular weight excluding hydrogens is 448 g/mol. The van der Waals surface area contributed by atoms with Gasteiger partial charge in [-0.25, -0.2) is 0 Å². The third kappa shape index (κ3) is 7.44. The number of hydrogen-bond donors (Lipinski definition) is 3. The molecule has 152 valence electrons. The highest BCUT2D eigenvalue weighted by atomic mass is 35.6. The van der Waals surface area contributed by atoms with Gasteiger partial charge in [-0.1, -0.05) is 46.4 Å². The third-order valence-corrected chi connectivity index (χ3v) is 4.11. The molecule has 28 heavy (non-hydrogen) atoms. The van der Waals surface area contributed by atoms with Gasteiger partial charge in [0.2, 0.25) is 15.7 Å². The van der Waals surface area contributed by atoms with Crippen LogP contribution in [0.5, 0.6) is 0 Å². The van der Waals surface area contributed by atoms with Crippen molar-refractivity contribution in [3.8, 4) is 0 Å². The Hall–Kier alpha value is -1.58. The maximum absolute atomic E-state index is 12.2. The molecule has 1 aromatic carbocycles. The highest BCUT2D eigenvalue weighted by molar-refractivity contribution is 6.66. The van der Waals surface area contributed by atoms with E-state index in [1.165, 1.54) is 0 Å². The molecule has 3 N–H and O–H groups in total. The van der Waals surface area contributed by atoms with Gasteiger partial charge in [0, 0.05) is 17.1 Å². The van der Waals surface area contributed by atoms with Crippen LogP contribution in [0, 0.1) is 0 Å². The van der Waals surface area contributed by atoms with Crippen LogP contribution in [0.15, 0.2) is 24.3 Å². The molecule has 2 aromatic rings. The van der Waals surface area contributed by atoms with E-state index >= 15 is 0 Å². The van der Waals surface area contributed by atoms with Gasteiger partial charge < -0.3 is 10.2 Å². The minimum absolute atomic E-state index is 0.0220. The molecule has 0 unspecified atom stereocenters. The maximum Gasteiger partial charge on any atom is 0.269 e. The zero-order valence-electron chi connectivity index (χ0n) is 15.1. The van der Waals surface area contributed by atoms with E-state index in [4.69, 9.17) is 46.4 Å². The number of hydrazine groups is 1. The SMILES string of the molecule is CN(C)CCCNc1nc(NNC(=O)c2ccc(Cl)cc2)nc(C(Cl)(Cl)Cl)n1. The number of rotatable bonds is 8. The van der Waals surface area contributed by atoms with E-state index in [0.717, 1.165) is 13.0 Å². The molecule has 0 atom stereocenters. The molecular formula is C16H19Cl4N7O. The number of carbonyl (C=O) groups excluding carboxylic acids is 1. The molecule has 0 saturated heterocycles. The first-order chi connectivity index (χ1) is 13.1. The number of anilines is 2. The van der Waals surface area contributed by atoms with Crippen LogP contribution in [0.2, 0.25) is 5.02 Å². The van der Waals surface area contributed by atoms with Crippen molar-refractivity contribution in [2.45, 2.75) is 10.2 Å². The largest absolute Gasteiger partial charge is 0.354 e. The van der Waals surface area contributed by atoms with Crippen LogP contribution < -0.4 is 16.2 Å². The van der Waals surface area contributed by atoms with Crippen molar-refractivity contribution in [1.82, 2.24) is 25.3 Å². The molecule has 1 aromatic heterocycles. The summed E-state index contributed by atoms with van der Waals surface area (Å²) in [5, 5.41) is 3.57. The summed E-state index contributed by atoms with van der Waals surface area (Å²) in [7, 11) is 3.96. The lowest BCUT2D eigenvalue weighted by Crippen LogP contribution is -2.31. The Labute approximate surface area is 182 Å². The van der Waals surface area contributed by atoms with Gasteiger partial charge in [0.1, 0.15) is 0 Å². The topological polar surface area (TPSA) is 95.1 Å². The fourth-order valence-electron chi connectivity index (χ4n) is 2.02. The molecule has 8 nitrogen and oxygen atoms in total. The Bertz CT molecular complexity index is 797. The normalized spacial score (nSPS) is 11.4.